The highest BCUT2D eigenvalue weighted by Gasteiger charge is 2.33. The minimum atomic E-state index is -0.188. The van der Waals surface area contributed by atoms with Gasteiger partial charge in [0, 0.05) is 24.1 Å². The first-order chi connectivity index (χ1) is 12.5. The van der Waals surface area contributed by atoms with E-state index in [1.54, 1.807) is 27.7 Å². The number of aromatic nitrogens is 2. The lowest BCUT2D eigenvalue weighted by atomic mass is 9.90. The van der Waals surface area contributed by atoms with E-state index in [1.165, 1.54) is 5.56 Å². The van der Waals surface area contributed by atoms with Gasteiger partial charge in [-0.15, -0.1) is 11.3 Å². The number of hydrogen-bond donors (Lipinski definition) is 0. The zero-order chi connectivity index (χ0) is 18.3. The van der Waals surface area contributed by atoms with Crippen LogP contribution in [0.2, 0.25) is 0 Å². The Morgan fingerprint density at radius 1 is 1.35 bits per heavy atom. The standard InChI is InChI=1S/C20H22N2O2S2/c1-4-20(2)10-14-15(11-24-20)26-17-16(14)18(23)22(3)19(21-17)25-12-13-8-6-5-7-9-13/h5-9H,4,10-12H2,1-3H3/t20-/m0/s1. The molecule has 0 unspecified atom stereocenters. The molecule has 3 heterocycles. The highest BCUT2D eigenvalue weighted by Crippen LogP contribution is 2.38. The second-order valence-electron chi connectivity index (χ2n) is 6.99. The molecule has 0 amide bonds. The van der Waals surface area contributed by atoms with Gasteiger partial charge in [0.05, 0.1) is 17.6 Å². The van der Waals surface area contributed by atoms with E-state index in [2.05, 4.69) is 26.0 Å². The van der Waals surface area contributed by atoms with Crippen molar-refractivity contribution < 1.29 is 4.74 Å². The third-order valence-electron chi connectivity index (χ3n) is 5.14. The highest BCUT2D eigenvalue weighted by molar-refractivity contribution is 7.98. The third kappa shape index (κ3) is 3.10. The van der Waals surface area contributed by atoms with Crippen LogP contribution in [0, 0.1) is 0 Å². The zero-order valence-corrected chi connectivity index (χ0v) is 16.9. The smallest absolute Gasteiger partial charge is 0.262 e. The number of hydrogen-bond acceptors (Lipinski definition) is 5. The van der Waals surface area contributed by atoms with Crippen molar-refractivity contribution in [1.29, 1.82) is 0 Å². The fraction of sp³-hybridized carbons (Fsp3) is 0.400. The first-order valence-corrected chi connectivity index (χ1v) is 10.6. The minimum absolute atomic E-state index is 0.0587. The van der Waals surface area contributed by atoms with E-state index in [-0.39, 0.29) is 11.2 Å². The average Bonchev–Trinajstić information content (AvgIpc) is 3.01. The fourth-order valence-electron chi connectivity index (χ4n) is 3.26. The van der Waals surface area contributed by atoms with Crippen LogP contribution in [0.1, 0.15) is 36.3 Å². The molecule has 0 spiro atoms. The van der Waals surface area contributed by atoms with Gasteiger partial charge in [-0.1, -0.05) is 49.0 Å². The molecular formula is C20H22N2O2S2. The van der Waals surface area contributed by atoms with Gasteiger partial charge in [-0.3, -0.25) is 9.36 Å². The first kappa shape index (κ1) is 17.8. The normalized spacial score (nSPS) is 19.7. The molecule has 1 aliphatic rings. The molecule has 3 aromatic rings. The SMILES string of the molecule is CC[C@@]1(C)Cc2c(sc3nc(SCc4ccccc4)n(C)c(=O)c23)CO1. The molecule has 26 heavy (non-hydrogen) atoms. The molecule has 4 rings (SSSR count). The average molecular weight is 387 g/mol. The topological polar surface area (TPSA) is 44.1 Å². The second kappa shape index (κ2) is 6.83. The summed E-state index contributed by atoms with van der Waals surface area (Å²) in [4.78, 5) is 19.9. The molecular weight excluding hydrogens is 364 g/mol. The summed E-state index contributed by atoms with van der Waals surface area (Å²) in [6, 6.07) is 10.3. The monoisotopic (exact) mass is 386 g/mol. The van der Waals surface area contributed by atoms with Gasteiger partial charge in [-0.05, 0) is 24.5 Å². The van der Waals surface area contributed by atoms with Gasteiger partial charge in [-0.2, -0.15) is 0 Å². The summed E-state index contributed by atoms with van der Waals surface area (Å²) < 4.78 is 7.74. The van der Waals surface area contributed by atoms with E-state index in [0.29, 0.717) is 6.61 Å². The van der Waals surface area contributed by atoms with E-state index in [0.717, 1.165) is 44.4 Å². The van der Waals surface area contributed by atoms with Gasteiger partial charge in [-0.25, -0.2) is 4.98 Å². The Morgan fingerprint density at radius 2 is 2.12 bits per heavy atom. The maximum absolute atomic E-state index is 13.1. The van der Waals surface area contributed by atoms with E-state index in [4.69, 9.17) is 9.72 Å². The van der Waals surface area contributed by atoms with E-state index in [9.17, 15) is 4.79 Å². The number of rotatable bonds is 4. The second-order valence-corrected chi connectivity index (χ2v) is 9.01. The lowest BCUT2D eigenvalue weighted by Crippen LogP contribution is -2.34. The van der Waals surface area contributed by atoms with Crippen LogP contribution >= 0.6 is 23.1 Å². The van der Waals surface area contributed by atoms with Crippen molar-refractivity contribution in [2.75, 3.05) is 0 Å². The van der Waals surface area contributed by atoms with Crippen LogP contribution in [0.5, 0.6) is 0 Å². The molecule has 136 valence electrons. The summed E-state index contributed by atoms with van der Waals surface area (Å²) in [5.74, 6) is 0.800. The predicted molar refractivity (Wildman–Crippen MR) is 108 cm³/mol. The molecule has 0 fully saturated rings. The van der Waals surface area contributed by atoms with Gasteiger partial charge >= 0.3 is 0 Å². The van der Waals surface area contributed by atoms with E-state index < -0.39 is 0 Å². The summed E-state index contributed by atoms with van der Waals surface area (Å²) >= 11 is 3.21. The molecule has 4 nitrogen and oxygen atoms in total. The molecule has 1 atom stereocenters. The maximum atomic E-state index is 13.1. The van der Waals surface area contributed by atoms with Crippen LogP contribution in [0.25, 0.3) is 10.2 Å². The van der Waals surface area contributed by atoms with Crippen LogP contribution in [-0.4, -0.2) is 15.2 Å². The van der Waals surface area contributed by atoms with Crippen molar-refractivity contribution in [3.05, 3.63) is 56.7 Å². The Bertz CT molecular complexity index is 1010. The first-order valence-electron chi connectivity index (χ1n) is 8.83. The molecule has 1 aliphatic heterocycles. The number of ether oxygens (including phenoxy) is 1. The lowest BCUT2D eigenvalue weighted by molar-refractivity contribution is -0.0543. The predicted octanol–water partition coefficient (Wildman–Crippen LogP) is 4.53. The van der Waals surface area contributed by atoms with Crippen LogP contribution in [0.15, 0.2) is 40.3 Å². The molecule has 0 bridgehead atoms. The van der Waals surface area contributed by atoms with Crippen LogP contribution in [0.3, 0.4) is 0 Å². The van der Waals surface area contributed by atoms with Gasteiger partial charge in [0.25, 0.3) is 5.56 Å². The van der Waals surface area contributed by atoms with Gasteiger partial charge in [0.1, 0.15) is 4.83 Å². The number of thioether (sulfide) groups is 1. The van der Waals surface area contributed by atoms with E-state index in [1.807, 2.05) is 25.2 Å². The van der Waals surface area contributed by atoms with E-state index >= 15 is 0 Å². The Balaban J connectivity index is 1.73. The zero-order valence-electron chi connectivity index (χ0n) is 15.2. The summed E-state index contributed by atoms with van der Waals surface area (Å²) in [6.45, 7) is 4.84. The molecule has 0 saturated heterocycles. The number of benzene rings is 1. The third-order valence-corrected chi connectivity index (χ3v) is 7.34. The summed E-state index contributed by atoms with van der Waals surface area (Å²) in [7, 11) is 1.82. The summed E-state index contributed by atoms with van der Waals surface area (Å²) in [5, 5.41) is 1.56. The van der Waals surface area contributed by atoms with Gasteiger partial charge in [0.15, 0.2) is 5.16 Å². The van der Waals surface area contributed by atoms with Crippen LogP contribution in [0.4, 0.5) is 0 Å². The van der Waals surface area contributed by atoms with Crippen LogP contribution in [-0.2, 0) is 30.6 Å². The number of thiophene rings is 1. The number of nitrogens with zero attached hydrogens (tertiary/aromatic N) is 2. The summed E-state index contributed by atoms with van der Waals surface area (Å²) in [6.07, 6.45) is 1.72. The van der Waals surface area contributed by atoms with Crippen molar-refractivity contribution in [2.45, 2.75) is 49.8 Å². The van der Waals surface area contributed by atoms with Gasteiger partial charge in [0.2, 0.25) is 0 Å². The number of fused-ring (bicyclic) bond motifs is 3. The maximum Gasteiger partial charge on any atom is 0.262 e. The Kier molecular flexibility index (Phi) is 4.67. The molecule has 1 aromatic carbocycles. The highest BCUT2D eigenvalue weighted by atomic mass is 32.2. The lowest BCUT2D eigenvalue weighted by Gasteiger charge is -2.32. The molecule has 2 aromatic heterocycles. The van der Waals surface area contributed by atoms with Crippen LogP contribution < -0.4 is 5.56 Å². The minimum Gasteiger partial charge on any atom is -0.369 e. The largest absolute Gasteiger partial charge is 0.369 e. The Labute approximate surface area is 161 Å². The molecule has 0 aliphatic carbocycles. The quantitative estimate of drug-likeness (QED) is 0.488. The molecule has 0 radical (unpaired) electrons. The van der Waals surface area contributed by atoms with Crippen molar-refractivity contribution >= 4 is 33.3 Å². The fourth-order valence-corrected chi connectivity index (χ4v) is 5.33. The van der Waals surface area contributed by atoms with Gasteiger partial charge < -0.3 is 4.74 Å². The Hall–Kier alpha value is -1.63. The van der Waals surface area contributed by atoms with Crippen molar-refractivity contribution in [1.82, 2.24) is 9.55 Å². The van der Waals surface area contributed by atoms with Crippen molar-refractivity contribution in [2.24, 2.45) is 7.05 Å². The Morgan fingerprint density at radius 3 is 2.85 bits per heavy atom. The molecule has 0 saturated carbocycles. The molecule has 0 N–H and O–H groups in total. The molecule has 6 heteroatoms. The summed E-state index contributed by atoms with van der Waals surface area (Å²) in [5.41, 5.74) is 2.24. The van der Waals surface area contributed by atoms with Crippen molar-refractivity contribution in [3.63, 3.8) is 0 Å². The van der Waals surface area contributed by atoms with Crippen molar-refractivity contribution in [3.8, 4) is 0 Å².